The fraction of sp³-hybridized carbons (Fsp3) is 0.933. The monoisotopic (exact) mass is 325 g/mol. The lowest BCUT2D eigenvalue weighted by Crippen LogP contribution is -2.59. The Morgan fingerprint density at radius 1 is 1.18 bits per heavy atom. The highest BCUT2D eigenvalue weighted by Crippen LogP contribution is 2.43. The molecule has 130 valence electrons. The molecule has 1 saturated carbocycles. The molecule has 1 unspecified atom stereocenters. The van der Waals surface area contributed by atoms with Gasteiger partial charge in [-0.25, -0.2) is 4.79 Å². The molecule has 0 heterocycles. The molecule has 1 amide bonds. The normalized spacial score (nSPS) is 26.2. The first-order valence-corrected chi connectivity index (χ1v) is 7.61. The van der Waals surface area contributed by atoms with Gasteiger partial charge in [0.05, 0.1) is 6.54 Å². The van der Waals surface area contributed by atoms with E-state index >= 15 is 0 Å². The molecule has 0 bridgehead atoms. The van der Waals surface area contributed by atoms with E-state index in [4.69, 9.17) is 4.74 Å². The van der Waals surface area contributed by atoms with Gasteiger partial charge < -0.3 is 15.2 Å². The van der Waals surface area contributed by atoms with Crippen molar-refractivity contribution in [3.05, 3.63) is 0 Å². The number of halogens is 3. The highest BCUT2D eigenvalue weighted by molar-refractivity contribution is 5.67. The first-order chi connectivity index (χ1) is 9.85. The highest BCUT2D eigenvalue weighted by Gasteiger charge is 2.58. The maximum absolute atomic E-state index is 13.3. The van der Waals surface area contributed by atoms with Crippen molar-refractivity contribution in [1.29, 1.82) is 0 Å². The summed E-state index contributed by atoms with van der Waals surface area (Å²) in [6.45, 7) is 5.95. The summed E-state index contributed by atoms with van der Waals surface area (Å²) in [5, 5.41) is 12.3. The van der Waals surface area contributed by atoms with Crippen molar-refractivity contribution in [3.8, 4) is 0 Å². The number of rotatable bonds is 3. The summed E-state index contributed by atoms with van der Waals surface area (Å²) in [6.07, 6.45) is -3.86. The number of nitrogens with one attached hydrogen (secondary N) is 1. The van der Waals surface area contributed by atoms with Gasteiger partial charge in [0.25, 0.3) is 0 Å². The van der Waals surface area contributed by atoms with Gasteiger partial charge >= 0.3 is 12.3 Å². The predicted octanol–water partition coefficient (Wildman–Crippen LogP) is 3.63. The summed E-state index contributed by atoms with van der Waals surface area (Å²) in [5.74, 6) is -0.536. The minimum atomic E-state index is -4.80. The Labute approximate surface area is 129 Å². The summed E-state index contributed by atoms with van der Waals surface area (Å²) in [4.78, 5) is 11.6. The van der Waals surface area contributed by atoms with Gasteiger partial charge in [0.2, 0.25) is 0 Å². The minimum Gasteiger partial charge on any atom is -0.444 e. The average Bonchev–Trinajstić information content (AvgIpc) is 2.33. The Balaban J connectivity index is 2.75. The molecule has 1 aliphatic rings. The maximum Gasteiger partial charge on any atom is 0.419 e. The van der Waals surface area contributed by atoms with E-state index in [0.717, 1.165) is 0 Å². The maximum atomic E-state index is 13.3. The SMILES string of the molecule is CC1CCC(C(O)(CNC(=O)OC(C)(C)C)C(F)(F)F)CC1. The van der Waals surface area contributed by atoms with Crippen LogP contribution in [0.4, 0.5) is 18.0 Å². The molecule has 0 spiro atoms. The Morgan fingerprint density at radius 2 is 1.68 bits per heavy atom. The van der Waals surface area contributed by atoms with Crippen LogP contribution in [0.25, 0.3) is 0 Å². The van der Waals surface area contributed by atoms with Crippen LogP contribution < -0.4 is 5.32 Å². The molecule has 1 atom stereocenters. The highest BCUT2D eigenvalue weighted by atomic mass is 19.4. The van der Waals surface area contributed by atoms with E-state index in [1.807, 2.05) is 6.92 Å². The van der Waals surface area contributed by atoms with Gasteiger partial charge in [-0.1, -0.05) is 19.8 Å². The molecule has 0 aromatic rings. The van der Waals surface area contributed by atoms with Crippen molar-refractivity contribution < 1.29 is 27.8 Å². The Morgan fingerprint density at radius 3 is 2.09 bits per heavy atom. The number of amides is 1. The van der Waals surface area contributed by atoms with Crippen molar-refractivity contribution in [2.45, 2.75) is 70.8 Å². The van der Waals surface area contributed by atoms with Gasteiger partial charge in [-0.3, -0.25) is 0 Å². The fourth-order valence-electron chi connectivity index (χ4n) is 2.73. The van der Waals surface area contributed by atoms with Crippen LogP contribution in [0, 0.1) is 11.8 Å². The van der Waals surface area contributed by atoms with Gasteiger partial charge in [-0.2, -0.15) is 13.2 Å². The van der Waals surface area contributed by atoms with Crippen LogP contribution >= 0.6 is 0 Å². The molecule has 22 heavy (non-hydrogen) atoms. The first kappa shape index (κ1) is 19.1. The number of alkyl carbamates (subject to hydrolysis) is 1. The van der Waals surface area contributed by atoms with Crippen LogP contribution in [-0.2, 0) is 4.74 Å². The third-order valence-corrected chi connectivity index (χ3v) is 4.08. The Bertz CT molecular complexity index is 384. The van der Waals surface area contributed by atoms with E-state index in [-0.39, 0.29) is 0 Å². The lowest BCUT2D eigenvalue weighted by molar-refractivity contribution is -0.280. The van der Waals surface area contributed by atoms with Gasteiger partial charge in [-0.15, -0.1) is 0 Å². The van der Waals surface area contributed by atoms with E-state index in [1.165, 1.54) is 0 Å². The molecule has 1 rings (SSSR count). The van der Waals surface area contributed by atoms with E-state index in [0.29, 0.717) is 31.6 Å². The van der Waals surface area contributed by atoms with Crippen molar-refractivity contribution in [1.82, 2.24) is 5.32 Å². The van der Waals surface area contributed by atoms with Crippen LogP contribution in [0.15, 0.2) is 0 Å². The molecule has 0 radical (unpaired) electrons. The molecule has 1 fully saturated rings. The number of hydrogen-bond acceptors (Lipinski definition) is 3. The van der Waals surface area contributed by atoms with Crippen LogP contribution in [0.2, 0.25) is 0 Å². The van der Waals surface area contributed by atoms with Crippen LogP contribution in [0.1, 0.15) is 53.4 Å². The molecule has 1 aliphatic carbocycles. The second-order valence-electron chi connectivity index (χ2n) is 7.23. The van der Waals surface area contributed by atoms with Crippen LogP contribution in [0.3, 0.4) is 0 Å². The quantitative estimate of drug-likeness (QED) is 0.833. The third-order valence-electron chi connectivity index (χ3n) is 4.08. The van der Waals surface area contributed by atoms with Crippen LogP contribution in [0.5, 0.6) is 0 Å². The first-order valence-electron chi connectivity index (χ1n) is 7.61. The lowest BCUT2D eigenvalue weighted by atomic mass is 9.73. The number of carbonyl (C=O) groups is 1. The molecular formula is C15H26F3NO3. The largest absolute Gasteiger partial charge is 0.444 e. The average molecular weight is 325 g/mol. The van der Waals surface area contributed by atoms with Gasteiger partial charge in [0.1, 0.15) is 5.60 Å². The fourth-order valence-corrected chi connectivity index (χ4v) is 2.73. The third kappa shape index (κ3) is 5.04. The molecular weight excluding hydrogens is 299 g/mol. The molecule has 0 aliphatic heterocycles. The van der Waals surface area contributed by atoms with E-state index in [1.54, 1.807) is 20.8 Å². The summed E-state index contributed by atoms with van der Waals surface area (Å²) in [5.41, 5.74) is -3.72. The van der Waals surface area contributed by atoms with Gasteiger partial charge in [0.15, 0.2) is 5.60 Å². The number of aliphatic hydroxyl groups is 1. The summed E-state index contributed by atoms with van der Waals surface area (Å²) < 4.78 is 44.9. The topological polar surface area (TPSA) is 58.6 Å². The second-order valence-corrected chi connectivity index (χ2v) is 7.23. The zero-order chi connectivity index (χ0) is 17.2. The molecule has 0 aromatic heterocycles. The summed E-state index contributed by atoms with van der Waals surface area (Å²) in [7, 11) is 0. The van der Waals surface area contributed by atoms with E-state index < -0.39 is 35.9 Å². The van der Waals surface area contributed by atoms with Crippen molar-refractivity contribution in [3.63, 3.8) is 0 Å². The molecule has 4 nitrogen and oxygen atoms in total. The standard InChI is InChI=1S/C15H26F3NO3/c1-10-5-7-11(8-6-10)14(21,15(16,17)18)9-19-12(20)22-13(2,3)4/h10-11,21H,5-9H2,1-4H3,(H,19,20). The second kappa shape index (κ2) is 6.64. The molecule has 0 saturated heterocycles. The number of carbonyl (C=O) groups excluding carboxylic acids is 1. The van der Waals surface area contributed by atoms with Gasteiger partial charge in [-0.05, 0) is 45.4 Å². The number of ether oxygens (including phenoxy) is 1. The van der Waals surface area contributed by atoms with Gasteiger partial charge in [0, 0.05) is 0 Å². The van der Waals surface area contributed by atoms with E-state index in [2.05, 4.69) is 5.32 Å². The number of hydrogen-bond donors (Lipinski definition) is 2. The molecule has 2 N–H and O–H groups in total. The van der Waals surface area contributed by atoms with Crippen molar-refractivity contribution >= 4 is 6.09 Å². The van der Waals surface area contributed by atoms with Crippen LogP contribution in [-0.4, -0.2) is 35.1 Å². The summed E-state index contributed by atoms with van der Waals surface area (Å²) in [6, 6.07) is 0. The van der Waals surface area contributed by atoms with E-state index in [9.17, 15) is 23.1 Å². The number of alkyl halides is 3. The summed E-state index contributed by atoms with van der Waals surface area (Å²) >= 11 is 0. The van der Waals surface area contributed by atoms with Crippen molar-refractivity contribution in [2.75, 3.05) is 6.54 Å². The zero-order valence-electron chi connectivity index (χ0n) is 13.6. The van der Waals surface area contributed by atoms with Crippen molar-refractivity contribution in [2.24, 2.45) is 11.8 Å². The Kier molecular flexibility index (Phi) is 5.76. The smallest absolute Gasteiger partial charge is 0.419 e. The molecule has 0 aromatic carbocycles. The molecule has 7 heteroatoms. The predicted molar refractivity (Wildman–Crippen MR) is 76.4 cm³/mol. The zero-order valence-corrected chi connectivity index (χ0v) is 13.6. The lowest BCUT2D eigenvalue weighted by Gasteiger charge is -2.40. The Hall–Kier alpha value is -0.980. The minimum absolute atomic E-state index is 0.299.